The Morgan fingerprint density at radius 1 is 0.583 bits per heavy atom. The van der Waals surface area contributed by atoms with Gasteiger partial charge in [0, 0.05) is 63.4 Å². The zero-order valence-corrected chi connectivity index (χ0v) is 25.5. The number of aliphatic hydroxyl groups excluding tert-OH is 1. The summed E-state index contributed by atoms with van der Waals surface area (Å²) in [5.74, 6) is 0. The van der Waals surface area contributed by atoms with Gasteiger partial charge in [-0.15, -0.1) is 0 Å². The van der Waals surface area contributed by atoms with E-state index in [-0.39, 0.29) is 6.10 Å². The van der Waals surface area contributed by atoms with Gasteiger partial charge in [-0.1, -0.05) is 0 Å². The molecule has 4 heterocycles. The maximum absolute atomic E-state index is 9.57. The Morgan fingerprint density at radius 3 is 1.22 bits per heavy atom. The second kappa shape index (κ2) is 15.3. The molecule has 4 aliphatic heterocycles. The number of aliphatic hydroxyl groups is 3. The van der Waals surface area contributed by atoms with Gasteiger partial charge in [-0.25, -0.2) is 0 Å². The van der Waals surface area contributed by atoms with Crippen LogP contribution in [-0.2, 0) is 0 Å². The number of rotatable bonds is 4. The highest BCUT2D eigenvalue weighted by atomic mass is 16.3. The van der Waals surface area contributed by atoms with E-state index in [4.69, 9.17) is 5.11 Å². The molecular formula is C29H62N4O3. The number of likely N-dealkylation sites (tertiary alicyclic amines) is 4. The van der Waals surface area contributed by atoms with E-state index < -0.39 is 11.2 Å². The molecule has 4 aliphatic rings. The van der Waals surface area contributed by atoms with Crippen LogP contribution in [0.15, 0.2) is 0 Å². The van der Waals surface area contributed by atoms with Crippen LogP contribution in [0.2, 0.25) is 0 Å². The molecule has 0 saturated carbocycles. The zero-order valence-electron chi connectivity index (χ0n) is 25.5. The summed E-state index contributed by atoms with van der Waals surface area (Å²) in [5, 5.41) is 28.0. The fraction of sp³-hybridized carbons (Fsp3) is 1.00. The van der Waals surface area contributed by atoms with Crippen molar-refractivity contribution in [2.45, 2.75) is 136 Å². The van der Waals surface area contributed by atoms with E-state index in [1.165, 1.54) is 25.9 Å². The van der Waals surface area contributed by atoms with Crippen molar-refractivity contribution in [3.63, 3.8) is 0 Å². The lowest BCUT2D eigenvalue weighted by Crippen LogP contribution is -2.61. The van der Waals surface area contributed by atoms with Crippen LogP contribution in [0.4, 0.5) is 0 Å². The molecule has 0 amide bonds. The van der Waals surface area contributed by atoms with Crippen molar-refractivity contribution in [3.05, 3.63) is 0 Å². The highest BCUT2D eigenvalue weighted by Gasteiger charge is 2.37. The highest BCUT2D eigenvalue weighted by molar-refractivity contribution is 4.92. The lowest BCUT2D eigenvalue weighted by Gasteiger charge is -2.46. The molecule has 2 atom stereocenters. The Hall–Kier alpha value is -0.280. The van der Waals surface area contributed by atoms with Crippen molar-refractivity contribution in [3.8, 4) is 0 Å². The predicted octanol–water partition coefficient (Wildman–Crippen LogP) is 3.26. The summed E-state index contributed by atoms with van der Waals surface area (Å²) in [6.07, 6.45) is 4.65. The van der Waals surface area contributed by atoms with Gasteiger partial charge in [0.2, 0.25) is 0 Å². The molecule has 0 bridgehead atoms. The van der Waals surface area contributed by atoms with Gasteiger partial charge in [0.05, 0.1) is 17.3 Å². The van der Waals surface area contributed by atoms with Gasteiger partial charge in [0.15, 0.2) is 0 Å². The van der Waals surface area contributed by atoms with Gasteiger partial charge < -0.3 is 20.2 Å². The van der Waals surface area contributed by atoms with Crippen LogP contribution in [0.1, 0.15) is 94.9 Å². The fourth-order valence-electron chi connectivity index (χ4n) is 5.11. The lowest BCUT2D eigenvalue weighted by atomic mass is 9.95. The van der Waals surface area contributed by atoms with E-state index in [1.54, 1.807) is 0 Å². The third kappa shape index (κ3) is 13.0. The summed E-state index contributed by atoms with van der Waals surface area (Å²) >= 11 is 0. The minimum Gasteiger partial charge on any atom is -0.392 e. The summed E-state index contributed by atoms with van der Waals surface area (Å²) in [7, 11) is 0. The average molecular weight is 515 g/mol. The number of hydrogen-bond acceptors (Lipinski definition) is 7. The Kier molecular flexibility index (Phi) is 14.4. The van der Waals surface area contributed by atoms with Crippen LogP contribution in [0.3, 0.4) is 0 Å². The van der Waals surface area contributed by atoms with Crippen LogP contribution < -0.4 is 0 Å². The third-order valence-electron chi connectivity index (χ3n) is 7.83. The molecule has 216 valence electrons. The van der Waals surface area contributed by atoms with Crippen molar-refractivity contribution in [1.82, 2.24) is 19.6 Å². The molecule has 0 aromatic rings. The van der Waals surface area contributed by atoms with Gasteiger partial charge in [-0.05, 0) is 108 Å². The summed E-state index contributed by atoms with van der Waals surface area (Å²) in [5.41, 5.74) is -0.825. The Bertz CT molecular complexity index is 581. The average Bonchev–Trinajstić information content (AvgIpc) is 3.48. The second-order valence-electron chi connectivity index (χ2n) is 13.2. The summed E-state index contributed by atoms with van der Waals surface area (Å²) in [6, 6.07) is 2.54. The summed E-state index contributed by atoms with van der Waals surface area (Å²) in [6.45, 7) is 29.5. The molecule has 7 heteroatoms. The van der Waals surface area contributed by atoms with Crippen LogP contribution in [0, 0.1) is 0 Å². The van der Waals surface area contributed by atoms with Crippen molar-refractivity contribution < 1.29 is 15.3 Å². The van der Waals surface area contributed by atoms with Crippen molar-refractivity contribution in [2.75, 3.05) is 52.4 Å². The third-order valence-corrected chi connectivity index (χ3v) is 7.83. The molecule has 0 aliphatic carbocycles. The monoisotopic (exact) mass is 514 g/mol. The predicted molar refractivity (Wildman–Crippen MR) is 153 cm³/mol. The minimum absolute atomic E-state index is 0.0626. The topological polar surface area (TPSA) is 73.7 Å². The number of hydrogen-bond donors (Lipinski definition) is 3. The molecule has 0 aromatic heterocycles. The van der Waals surface area contributed by atoms with Gasteiger partial charge in [-0.3, -0.25) is 14.7 Å². The Morgan fingerprint density at radius 2 is 1.03 bits per heavy atom. The standard InChI is InChI=1S/C8H17NO.2C7H15NO.C7H15N/c1-7(2)9-5-4-8(3,10)6-9;1-6(2)8-4-7(3,9)5-8;1-6(2)8-4-3-7(9)5-8;1-7(2)8-5-3-4-6-8/h7,10H,4-6H2,1-3H3;6,9H,4-5H2,1-3H3;6-7,9H,3-5H2,1-2H3;7H,3-6H2,1-2H3/t8-;;7-;/m0.0./s1. The summed E-state index contributed by atoms with van der Waals surface area (Å²) < 4.78 is 0. The van der Waals surface area contributed by atoms with Gasteiger partial charge in [0.1, 0.15) is 0 Å². The van der Waals surface area contributed by atoms with E-state index >= 15 is 0 Å². The Labute approximate surface area is 223 Å². The fourth-order valence-corrected chi connectivity index (χ4v) is 5.11. The van der Waals surface area contributed by atoms with Crippen LogP contribution in [0.5, 0.6) is 0 Å². The second-order valence-corrected chi connectivity index (χ2v) is 13.2. The SMILES string of the molecule is CC(C)N1CC(C)(O)C1.CC(C)N1CCCC1.CC(C)N1CC[C@H](O)C1.CC(C)N1CC[C@](C)(O)C1. The van der Waals surface area contributed by atoms with Crippen molar-refractivity contribution >= 4 is 0 Å². The van der Waals surface area contributed by atoms with E-state index in [2.05, 4.69) is 75.0 Å². The van der Waals surface area contributed by atoms with E-state index in [9.17, 15) is 10.2 Å². The Balaban J connectivity index is 0.000000241. The molecule has 4 fully saturated rings. The maximum Gasteiger partial charge on any atom is 0.0872 e. The smallest absolute Gasteiger partial charge is 0.0872 e. The number of β-amino-alcohol motifs (C(OH)–C–C–N with tert-alkyl or cyclic N) is 3. The molecule has 0 spiro atoms. The molecule has 0 radical (unpaired) electrons. The number of nitrogens with zero attached hydrogens (tertiary/aromatic N) is 4. The normalized spacial score (nSPS) is 29.1. The first-order valence-electron chi connectivity index (χ1n) is 14.6. The van der Waals surface area contributed by atoms with E-state index in [0.717, 1.165) is 58.2 Å². The molecule has 3 N–H and O–H groups in total. The highest BCUT2D eigenvalue weighted by Crippen LogP contribution is 2.22. The quantitative estimate of drug-likeness (QED) is 0.532. The van der Waals surface area contributed by atoms with Gasteiger partial charge >= 0.3 is 0 Å². The van der Waals surface area contributed by atoms with E-state index in [0.29, 0.717) is 18.1 Å². The molecule has 36 heavy (non-hydrogen) atoms. The van der Waals surface area contributed by atoms with Crippen LogP contribution in [0.25, 0.3) is 0 Å². The summed E-state index contributed by atoms with van der Waals surface area (Å²) in [4.78, 5) is 9.38. The molecule has 7 nitrogen and oxygen atoms in total. The lowest BCUT2D eigenvalue weighted by molar-refractivity contribution is -0.0962. The first-order valence-corrected chi connectivity index (χ1v) is 14.6. The molecule has 4 saturated heterocycles. The molecule has 4 rings (SSSR count). The first-order chi connectivity index (χ1) is 16.5. The largest absolute Gasteiger partial charge is 0.392 e. The zero-order chi connectivity index (χ0) is 27.7. The van der Waals surface area contributed by atoms with Crippen molar-refractivity contribution in [1.29, 1.82) is 0 Å². The van der Waals surface area contributed by atoms with Crippen molar-refractivity contribution in [2.24, 2.45) is 0 Å². The van der Waals surface area contributed by atoms with Crippen LogP contribution >= 0.6 is 0 Å². The first kappa shape index (κ1) is 33.7. The van der Waals surface area contributed by atoms with Crippen LogP contribution in [-0.4, -0.2) is 129 Å². The van der Waals surface area contributed by atoms with E-state index in [1.807, 2.05) is 13.8 Å². The maximum atomic E-state index is 9.57. The minimum atomic E-state index is -0.426. The van der Waals surface area contributed by atoms with Gasteiger partial charge in [0.25, 0.3) is 0 Å². The molecular weight excluding hydrogens is 452 g/mol. The molecule has 0 unspecified atom stereocenters. The van der Waals surface area contributed by atoms with Gasteiger partial charge in [-0.2, -0.15) is 0 Å². The molecule has 0 aromatic carbocycles.